The Labute approximate surface area is 87.0 Å². The van der Waals surface area contributed by atoms with Crippen molar-refractivity contribution in [2.24, 2.45) is 0 Å². The highest BCUT2D eigenvalue weighted by molar-refractivity contribution is 6.17. The van der Waals surface area contributed by atoms with Crippen LogP contribution in [0.2, 0.25) is 0 Å². The van der Waals surface area contributed by atoms with Gasteiger partial charge in [-0.2, -0.15) is 0 Å². The van der Waals surface area contributed by atoms with Crippen LogP contribution < -0.4 is 0 Å². The van der Waals surface area contributed by atoms with Gasteiger partial charge < -0.3 is 9.15 Å². The Bertz CT molecular complexity index is 358. The number of esters is 1. The van der Waals surface area contributed by atoms with E-state index in [1.54, 1.807) is 6.07 Å². The maximum atomic E-state index is 11.4. The average molecular weight is 215 g/mol. The monoisotopic (exact) mass is 214 g/mol. The second-order valence-electron chi connectivity index (χ2n) is 3.58. The molecular weight excluding hydrogens is 204 g/mol. The van der Waals surface area contributed by atoms with Crippen molar-refractivity contribution in [2.75, 3.05) is 5.88 Å². The van der Waals surface area contributed by atoms with E-state index >= 15 is 0 Å². The molecule has 0 fully saturated rings. The van der Waals surface area contributed by atoms with E-state index in [-0.39, 0.29) is 5.97 Å². The zero-order chi connectivity index (χ0) is 10.2. The number of rotatable bonds is 3. The predicted octanol–water partition coefficient (Wildman–Crippen LogP) is 2.68. The summed E-state index contributed by atoms with van der Waals surface area (Å²) in [6.45, 7) is 1.85. The molecule has 0 radical (unpaired) electrons. The van der Waals surface area contributed by atoms with Crippen molar-refractivity contribution in [3.05, 3.63) is 23.7 Å². The number of fused-ring (bicyclic) bond motifs is 1. The molecule has 0 bridgehead atoms. The van der Waals surface area contributed by atoms with Gasteiger partial charge in [-0.05, 0) is 25.8 Å². The minimum Gasteiger partial charge on any atom is -0.464 e. The molecular formula is C10H11ClO3. The summed E-state index contributed by atoms with van der Waals surface area (Å²) in [5.74, 6) is 0.891. The number of alkyl halides is 1. The molecule has 1 unspecified atom stereocenters. The zero-order valence-corrected chi connectivity index (χ0v) is 8.63. The molecule has 3 nitrogen and oxygen atoms in total. The number of furan rings is 1. The normalized spacial score (nSPS) is 24.9. The molecule has 1 atom stereocenters. The SMILES string of the molecule is CC1(CCCCl)OC(=O)c2ccoc21. The first-order valence-corrected chi connectivity index (χ1v) is 5.08. The third kappa shape index (κ3) is 1.32. The number of cyclic esters (lactones) is 1. The van der Waals surface area contributed by atoms with E-state index in [2.05, 4.69) is 0 Å². The molecule has 0 spiro atoms. The lowest BCUT2D eigenvalue weighted by atomic mass is 9.97. The highest BCUT2D eigenvalue weighted by Crippen LogP contribution is 2.40. The fraction of sp³-hybridized carbons (Fsp3) is 0.500. The highest BCUT2D eigenvalue weighted by Gasteiger charge is 2.44. The number of ether oxygens (including phenoxy) is 1. The van der Waals surface area contributed by atoms with E-state index in [1.165, 1.54) is 6.26 Å². The van der Waals surface area contributed by atoms with Gasteiger partial charge in [0.2, 0.25) is 0 Å². The predicted molar refractivity (Wildman–Crippen MR) is 51.4 cm³/mol. The third-order valence-corrected chi connectivity index (χ3v) is 2.74. The van der Waals surface area contributed by atoms with E-state index in [1.807, 2.05) is 6.92 Å². The zero-order valence-electron chi connectivity index (χ0n) is 7.88. The molecule has 1 aromatic heterocycles. The smallest absolute Gasteiger partial charge is 0.342 e. The van der Waals surface area contributed by atoms with Gasteiger partial charge in [-0.15, -0.1) is 11.6 Å². The van der Waals surface area contributed by atoms with Gasteiger partial charge in [0.25, 0.3) is 0 Å². The standard InChI is InChI=1S/C10H11ClO3/c1-10(4-2-5-11)8-7(3-6-13-8)9(12)14-10/h3,6H,2,4-5H2,1H3. The molecule has 1 aliphatic rings. The Balaban J connectivity index is 2.28. The van der Waals surface area contributed by atoms with Crippen molar-refractivity contribution in [1.29, 1.82) is 0 Å². The molecule has 0 aromatic carbocycles. The minimum absolute atomic E-state index is 0.300. The summed E-state index contributed by atoms with van der Waals surface area (Å²) in [6.07, 6.45) is 3.01. The van der Waals surface area contributed by atoms with Gasteiger partial charge in [0.15, 0.2) is 11.4 Å². The fourth-order valence-electron chi connectivity index (χ4n) is 1.75. The van der Waals surface area contributed by atoms with Crippen LogP contribution in [0.5, 0.6) is 0 Å². The summed E-state index contributed by atoms with van der Waals surface area (Å²) >= 11 is 5.61. The fourth-order valence-corrected chi connectivity index (χ4v) is 1.89. The summed E-state index contributed by atoms with van der Waals surface area (Å²) in [6, 6.07) is 1.64. The Hall–Kier alpha value is -0.960. The van der Waals surface area contributed by atoms with Crippen molar-refractivity contribution in [3.8, 4) is 0 Å². The molecule has 0 N–H and O–H groups in total. The van der Waals surface area contributed by atoms with E-state index in [4.69, 9.17) is 20.8 Å². The summed E-state index contributed by atoms with van der Waals surface area (Å²) in [7, 11) is 0. The van der Waals surface area contributed by atoms with Gasteiger partial charge >= 0.3 is 5.97 Å². The van der Waals surface area contributed by atoms with Crippen LogP contribution in [0.15, 0.2) is 16.7 Å². The van der Waals surface area contributed by atoms with E-state index in [0.717, 1.165) is 6.42 Å². The van der Waals surface area contributed by atoms with Gasteiger partial charge in [0.1, 0.15) is 5.56 Å². The lowest BCUT2D eigenvalue weighted by molar-refractivity contribution is -0.0120. The van der Waals surface area contributed by atoms with Crippen LogP contribution in [-0.2, 0) is 10.3 Å². The molecule has 0 saturated heterocycles. The van der Waals surface area contributed by atoms with Crippen LogP contribution in [0.3, 0.4) is 0 Å². The highest BCUT2D eigenvalue weighted by atomic mass is 35.5. The summed E-state index contributed by atoms with van der Waals surface area (Å²) in [5, 5.41) is 0. The Morgan fingerprint density at radius 3 is 3.07 bits per heavy atom. The van der Waals surface area contributed by atoms with E-state index in [9.17, 15) is 4.79 Å². The average Bonchev–Trinajstić information content (AvgIpc) is 2.69. The molecule has 14 heavy (non-hydrogen) atoms. The van der Waals surface area contributed by atoms with Gasteiger partial charge in [0, 0.05) is 5.88 Å². The van der Waals surface area contributed by atoms with Crippen LogP contribution in [-0.4, -0.2) is 11.8 Å². The summed E-state index contributed by atoms with van der Waals surface area (Å²) < 4.78 is 10.5. The lowest BCUT2D eigenvalue weighted by Gasteiger charge is -2.21. The van der Waals surface area contributed by atoms with Crippen molar-refractivity contribution in [3.63, 3.8) is 0 Å². The second kappa shape index (κ2) is 3.31. The van der Waals surface area contributed by atoms with Crippen LogP contribution in [0, 0.1) is 0 Å². The molecule has 4 heteroatoms. The van der Waals surface area contributed by atoms with Gasteiger partial charge in [0.05, 0.1) is 6.26 Å². The Morgan fingerprint density at radius 2 is 2.36 bits per heavy atom. The molecule has 0 saturated carbocycles. The maximum Gasteiger partial charge on any atom is 0.342 e. The Morgan fingerprint density at radius 1 is 1.57 bits per heavy atom. The number of carbonyl (C=O) groups is 1. The van der Waals surface area contributed by atoms with Crippen molar-refractivity contribution < 1.29 is 13.9 Å². The van der Waals surface area contributed by atoms with Gasteiger partial charge in [-0.25, -0.2) is 4.79 Å². The molecule has 0 amide bonds. The first-order chi connectivity index (χ1) is 6.67. The molecule has 1 aliphatic heterocycles. The van der Waals surface area contributed by atoms with Crippen LogP contribution in [0.25, 0.3) is 0 Å². The van der Waals surface area contributed by atoms with Crippen LogP contribution in [0.1, 0.15) is 35.9 Å². The van der Waals surface area contributed by atoms with Gasteiger partial charge in [-0.3, -0.25) is 0 Å². The van der Waals surface area contributed by atoms with Gasteiger partial charge in [-0.1, -0.05) is 0 Å². The summed E-state index contributed by atoms with van der Waals surface area (Å²) in [5.41, 5.74) is -0.0766. The summed E-state index contributed by atoms with van der Waals surface area (Å²) in [4.78, 5) is 11.4. The van der Waals surface area contributed by atoms with Crippen molar-refractivity contribution >= 4 is 17.6 Å². The first kappa shape index (κ1) is 9.59. The second-order valence-corrected chi connectivity index (χ2v) is 3.95. The van der Waals surface area contributed by atoms with Crippen molar-refractivity contribution in [2.45, 2.75) is 25.4 Å². The lowest BCUT2D eigenvalue weighted by Crippen LogP contribution is -2.21. The first-order valence-electron chi connectivity index (χ1n) is 4.55. The maximum absolute atomic E-state index is 11.4. The quantitative estimate of drug-likeness (QED) is 0.574. The topological polar surface area (TPSA) is 39.4 Å². The molecule has 76 valence electrons. The van der Waals surface area contributed by atoms with E-state index < -0.39 is 5.60 Å². The Kier molecular flexibility index (Phi) is 2.27. The van der Waals surface area contributed by atoms with E-state index in [0.29, 0.717) is 23.6 Å². The van der Waals surface area contributed by atoms with Crippen LogP contribution >= 0.6 is 11.6 Å². The number of halogens is 1. The molecule has 0 aliphatic carbocycles. The largest absolute Gasteiger partial charge is 0.464 e. The third-order valence-electron chi connectivity index (χ3n) is 2.47. The van der Waals surface area contributed by atoms with Crippen molar-refractivity contribution in [1.82, 2.24) is 0 Å². The molecule has 2 rings (SSSR count). The molecule has 2 heterocycles. The van der Waals surface area contributed by atoms with Crippen LogP contribution in [0.4, 0.5) is 0 Å². The minimum atomic E-state index is -0.620. The number of hydrogen-bond acceptors (Lipinski definition) is 3. The number of carbonyl (C=O) groups excluding carboxylic acids is 1. The number of hydrogen-bond donors (Lipinski definition) is 0. The molecule has 1 aromatic rings.